The lowest BCUT2D eigenvalue weighted by Gasteiger charge is -2.43. The summed E-state index contributed by atoms with van der Waals surface area (Å²) in [6.07, 6.45) is 0. The van der Waals surface area contributed by atoms with Crippen LogP contribution in [-0.2, 0) is 0 Å². The molecule has 6 heteroatoms. The number of carbonyl (C=O) groups excluding carboxylic acids is 1. The first-order valence-corrected chi connectivity index (χ1v) is 6.91. The Hall–Kier alpha value is -1.79. The summed E-state index contributed by atoms with van der Waals surface area (Å²) in [5.41, 5.74) is 0.170. The van der Waals surface area contributed by atoms with E-state index in [-0.39, 0.29) is 23.0 Å². The summed E-state index contributed by atoms with van der Waals surface area (Å²) < 4.78 is 0. The minimum atomic E-state index is -0.218. The molecular formula is C14H19N3O3. The molecule has 3 N–H and O–H groups in total. The fourth-order valence-corrected chi connectivity index (χ4v) is 2.69. The van der Waals surface area contributed by atoms with E-state index in [1.807, 2.05) is 0 Å². The third-order valence-corrected chi connectivity index (χ3v) is 4.09. The van der Waals surface area contributed by atoms with Crippen molar-refractivity contribution < 1.29 is 15.0 Å². The van der Waals surface area contributed by atoms with Gasteiger partial charge in [0, 0.05) is 45.3 Å². The topological polar surface area (TPSA) is 76.0 Å². The summed E-state index contributed by atoms with van der Waals surface area (Å²) >= 11 is 0. The predicted octanol–water partition coefficient (Wildman–Crippen LogP) is -0.173. The fourth-order valence-electron chi connectivity index (χ4n) is 2.69. The van der Waals surface area contributed by atoms with Crippen molar-refractivity contribution in [2.24, 2.45) is 0 Å². The van der Waals surface area contributed by atoms with E-state index in [0.717, 1.165) is 26.2 Å². The molecule has 6 nitrogen and oxygen atoms in total. The van der Waals surface area contributed by atoms with Crippen LogP contribution in [-0.4, -0.2) is 71.2 Å². The van der Waals surface area contributed by atoms with Gasteiger partial charge in [0.05, 0.1) is 5.56 Å². The number of hydrogen-bond acceptors (Lipinski definition) is 5. The molecule has 0 bridgehead atoms. The molecule has 0 saturated carbocycles. The van der Waals surface area contributed by atoms with Crippen molar-refractivity contribution >= 4 is 5.91 Å². The molecule has 2 heterocycles. The molecule has 0 spiro atoms. The monoisotopic (exact) mass is 277 g/mol. The van der Waals surface area contributed by atoms with Crippen molar-refractivity contribution in [3.05, 3.63) is 23.8 Å². The van der Waals surface area contributed by atoms with E-state index < -0.39 is 0 Å². The third kappa shape index (κ3) is 2.44. The SMILES string of the molecule is O=C(c1cc(O)ccc1O)N1CCN(C2CNC2)CC1. The van der Waals surface area contributed by atoms with Gasteiger partial charge in [-0.05, 0) is 18.2 Å². The molecule has 0 atom stereocenters. The number of piperazine rings is 1. The molecule has 1 aromatic carbocycles. The van der Waals surface area contributed by atoms with Gasteiger partial charge in [-0.2, -0.15) is 0 Å². The van der Waals surface area contributed by atoms with Gasteiger partial charge in [-0.15, -0.1) is 0 Å². The van der Waals surface area contributed by atoms with E-state index >= 15 is 0 Å². The van der Waals surface area contributed by atoms with Crippen molar-refractivity contribution in [3.63, 3.8) is 0 Å². The second-order valence-corrected chi connectivity index (χ2v) is 5.34. The predicted molar refractivity (Wildman–Crippen MR) is 73.9 cm³/mol. The maximum absolute atomic E-state index is 12.4. The Kier molecular flexibility index (Phi) is 3.50. The van der Waals surface area contributed by atoms with Crippen molar-refractivity contribution in [2.75, 3.05) is 39.3 Å². The van der Waals surface area contributed by atoms with Crippen LogP contribution in [0.2, 0.25) is 0 Å². The average Bonchev–Trinajstić information content (AvgIpc) is 2.40. The number of nitrogens with zero attached hydrogens (tertiary/aromatic N) is 2. The van der Waals surface area contributed by atoms with E-state index in [4.69, 9.17) is 0 Å². The van der Waals surface area contributed by atoms with Gasteiger partial charge in [0.25, 0.3) is 5.91 Å². The van der Waals surface area contributed by atoms with Crippen molar-refractivity contribution in [2.45, 2.75) is 6.04 Å². The lowest BCUT2D eigenvalue weighted by Crippen LogP contribution is -2.62. The zero-order chi connectivity index (χ0) is 14.1. The van der Waals surface area contributed by atoms with Crippen molar-refractivity contribution in [1.82, 2.24) is 15.1 Å². The van der Waals surface area contributed by atoms with Crippen LogP contribution in [0.15, 0.2) is 18.2 Å². The summed E-state index contributed by atoms with van der Waals surface area (Å²) in [6.45, 7) is 5.09. The van der Waals surface area contributed by atoms with Crippen LogP contribution in [0.1, 0.15) is 10.4 Å². The molecular weight excluding hydrogens is 258 g/mol. The molecule has 0 unspecified atom stereocenters. The van der Waals surface area contributed by atoms with Gasteiger partial charge in [0.15, 0.2) is 0 Å². The van der Waals surface area contributed by atoms with Crippen LogP contribution in [0.4, 0.5) is 0 Å². The lowest BCUT2D eigenvalue weighted by atomic mass is 10.1. The zero-order valence-corrected chi connectivity index (χ0v) is 11.2. The second kappa shape index (κ2) is 5.30. The molecule has 2 saturated heterocycles. The molecule has 1 amide bonds. The average molecular weight is 277 g/mol. The Morgan fingerprint density at radius 1 is 1.15 bits per heavy atom. The van der Waals surface area contributed by atoms with E-state index in [1.54, 1.807) is 4.90 Å². The lowest BCUT2D eigenvalue weighted by molar-refractivity contribution is 0.0499. The van der Waals surface area contributed by atoms with E-state index in [0.29, 0.717) is 19.1 Å². The zero-order valence-electron chi connectivity index (χ0n) is 11.2. The molecule has 3 rings (SSSR count). The maximum Gasteiger partial charge on any atom is 0.257 e. The highest BCUT2D eigenvalue weighted by Crippen LogP contribution is 2.24. The minimum absolute atomic E-state index is 0.00896. The Balaban J connectivity index is 1.65. The number of carbonyl (C=O) groups is 1. The van der Waals surface area contributed by atoms with E-state index in [9.17, 15) is 15.0 Å². The van der Waals surface area contributed by atoms with E-state index in [2.05, 4.69) is 10.2 Å². The standard InChI is InChI=1S/C14H19N3O3/c18-11-1-2-13(19)12(7-11)14(20)17-5-3-16(4-6-17)10-8-15-9-10/h1-2,7,10,15,18-19H,3-6,8-9H2. The van der Waals surface area contributed by atoms with Gasteiger partial charge < -0.3 is 20.4 Å². The molecule has 2 aliphatic heterocycles. The van der Waals surface area contributed by atoms with Gasteiger partial charge >= 0.3 is 0 Å². The molecule has 0 radical (unpaired) electrons. The van der Waals surface area contributed by atoms with Gasteiger partial charge in [0.2, 0.25) is 0 Å². The molecule has 0 aromatic heterocycles. The molecule has 108 valence electrons. The van der Waals surface area contributed by atoms with Crippen LogP contribution >= 0.6 is 0 Å². The van der Waals surface area contributed by atoms with Crippen LogP contribution in [0.3, 0.4) is 0 Å². The summed E-state index contributed by atoms with van der Waals surface area (Å²) in [6, 6.07) is 4.63. The van der Waals surface area contributed by atoms with Crippen LogP contribution in [0, 0.1) is 0 Å². The first-order valence-electron chi connectivity index (χ1n) is 6.91. The smallest absolute Gasteiger partial charge is 0.257 e. The summed E-state index contributed by atoms with van der Waals surface area (Å²) in [5, 5.41) is 22.4. The number of benzene rings is 1. The summed E-state index contributed by atoms with van der Waals surface area (Å²) in [5.74, 6) is -0.312. The Labute approximate surface area is 117 Å². The second-order valence-electron chi connectivity index (χ2n) is 5.34. The normalized spacial score (nSPS) is 20.7. The van der Waals surface area contributed by atoms with Gasteiger partial charge in [-0.3, -0.25) is 9.69 Å². The minimum Gasteiger partial charge on any atom is -0.508 e. The van der Waals surface area contributed by atoms with Crippen LogP contribution < -0.4 is 5.32 Å². The quantitative estimate of drug-likeness (QED) is 0.654. The number of hydrogen-bond donors (Lipinski definition) is 3. The fraction of sp³-hybridized carbons (Fsp3) is 0.500. The molecule has 20 heavy (non-hydrogen) atoms. The highest BCUT2D eigenvalue weighted by molar-refractivity contribution is 5.97. The highest BCUT2D eigenvalue weighted by Gasteiger charge is 2.30. The largest absolute Gasteiger partial charge is 0.508 e. The Bertz CT molecular complexity index is 508. The first kappa shape index (κ1) is 13.2. The van der Waals surface area contributed by atoms with Crippen LogP contribution in [0.5, 0.6) is 11.5 Å². The van der Waals surface area contributed by atoms with Gasteiger partial charge in [-0.1, -0.05) is 0 Å². The third-order valence-electron chi connectivity index (χ3n) is 4.09. The van der Waals surface area contributed by atoms with E-state index in [1.165, 1.54) is 18.2 Å². The number of amides is 1. The van der Waals surface area contributed by atoms with Gasteiger partial charge in [0.1, 0.15) is 11.5 Å². The molecule has 2 fully saturated rings. The first-order chi connectivity index (χ1) is 9.65. The van der Waals surface area contributed by atoms with Gasteiger partial charge in [-0.25, -0.2) is 0 Å². The number of phenolic OH excluding ortho intramolecular Hbond substituents is 2. The van der Waals surface area contributed by atoms with Crippen molar-refractivity contribution in [1.29, 1.82) is 0 Å². The molecule has 1 aromatic rings. The Morgan fingerprint density at radius 2 is 1.85 bits per heavy atom. The number of aromatic hydroxyl groups is 2. The summed E-state index contributed by atoms with van der Waals surface area (Å²) in [7, 11) is 0. The molecule has 0 aliphatic carbocycles. The number of phenols is 2. The number of nitrogens with one attached hydrogen (secondary N) is 1. The number of rotatable bonds is 2. The van der Waals surface area contributed by atoms with Crippen molar-refractivity contribution in [3.8, 4) is 11.5 Å². The molecule has 2 aliphatic rings. The highest BCUT2D eigenvalue weighted by atomic mass is 16.3. The maximum atomic E-state index is 12.4. The van der Waals surface area contributed by atoms with Crippen LogP contribution in [0.25, 0.3) is 0 Å². The Morgan fingerprint density at radius 3 is 2.45 bits per heavy atom. The summed E-state index contributed by atoms with van der Waals surface area (Å²) in [4.78, 5) is 16.5.